The normalized spacial score (nSPS) is 23.1. The van der Waals surface area contributed by atoms with Gasteiger partial charge >= 0.3 is 0 Å². The van der Waals surface area contributed by atoms with Gasteiger partial charge < -0.3 is 4.90 Å². The molecule has 0 aromatic rings. The zero-order valence-electron chi connectivity index (χ0n) is 10.2. The number of hydrogen-bond donors (Lipinski definition) is 0. The van der Waals surface area contributed by atoms with Gasteiger partial charge in [-0.1, -0.05) is 27.7 Å². The number of carbonyl (C=O) groups excluding carboxylic acids is 2. The number of carbonyl (C=O) groups is 2. The van der Waals surface area contributed by atoms with Crippen LogP contribution in [0.1, 0.15) is 40.5 Å². The Kier molecular flexibility index (Phi) is 3.53. The van der Waals surface area contributed by atoms with E-state index in [4.69, 9.17) is 0 Å². The number of rotatable bonds is 2. The monoisotopic (exact) mass is 211 g/mol. The van der Waals surface area contributed by atoms with Crippen LogP contribution in [0.15, 0.2) is 0 Å². The van der Waals surface area contributed by atoms with Gasteiger partial charge in [-0.3, -0.25) is 9.59 Å². The van der Waals surface area contributed by atoms with E-state index in [2.05, 4.69) is 0 Å². The number of hydrogen-bond acceptors (Lipinski definition) is 2. The lowest BCUT2D eigenvalue weighted by molar-refractivity contribution is -0.142. The van der Waals surface area contributed by atoms with Crippen LogP contribution < -0.4 is 0 Å². The first-order chi connectivity index (χ1) is 6.82. The molecule has 0 bridgehead atoms. The molecule has 0 radical (unpaired) electrons. The molecule has 0 aliphatic carbocycles. The van der Waals surface area contributed by atoms with Crippen molar-refractivity contribution >= 4 is 11.7 Å². The fourth-order valence-corrected chi connectivity index (χ4v) is 1.70. The Labute approximate surface area is 91.8 Å². The van der Waals surface area contributed by atoms with E-state index in [9.17, 15) is 9.59 Å². The van der Waals surface area contributed by atoms with Crippen molar-refractivity contribution in [1.29, 1.82) is 0 Å². The summed E-state index contributed by atoms with van der Waals surface area (Å²) >= 11 is 0. The summed E-state index contributed by atoms with van der Waals surface area (Å²) in [5.74, 6) is 0.371. The van der Waals surface area contributed by atoms with Gasteiger partial charge in [0.1, 0.15) is 0 Å². The van der Waals surface area contributed by atoms with E-state index < -0.39 is 0 Å². The molecule has 1 unspecified atom stereocenters. The van der Waals surface area contributed by atoms with E-state index in [-0.39, 0.29) is 29.6 Å². The summed E-state index contributed by atoms with van der Waals surface area (Å²) in [5.41, 5.74) is -0.346. The smallest absolute Gasteiger partial charge is 0.225 e. The Balaban J connectivity index is 2.58. The van der Waals surface area contributed by atoms with Crippen molar-refractivity contribution in [2.24, 2.45) is 11.3 Å². The molecule has 0 spiro atoms. The van der Waals surface area contributed by atoms with Crippen LogP contribution in [0.25, 0.3) is 0 Å². The maximum Gasteiger partial charge on any atom is 0.225 e. The lowest BCUT2D eigenvalue weighted by Gasteiger charge is -2.32. The van der Waals surface area contributed by atoms with Crippen LogP contribution >= 0.6 is 0 Å². The molecule has 0 aromatic carbocycles. The van der Waals surface area contributed by atoms with Crippen molar-refractivity contribution in [2.45, 2.75) is 40.5 Å². The summed E-state index contributed by atoms with van der Waals surface area (Å²) in [6, 6.07) is 0. The number of nitrogens with zero attached hydrogens (tertiary/aromatic N) is 1. The van der Waals surface area contributed by atoms with E-state index in [1.165, 1.54) is 0 Å². The predicted octanol–water partition coefficient (Wildman–Crippen LogP) is 1.86. The van der Waals surface area contributed by atoms with E-state index in [1.807, 2.05) is 27.7 Å². The van der Waals surface area contributed by atoms with Gasteiger partial charge in [0.05, 0.1) is 6.54 Å². The van der Waals surface area contributed by atoms with Crippen molar-refractivity contribution in [3.63, 3.8) is 0 Å². The molecule has 1 rings (SSSR count). The summed E-state index contributed by atoms with van der Waals surface area (Å²) in [4.78, 5) is 25.3. The molecule has 1 atom stereocenters. The maximum atomic E-state index is 11.8. The molecule has 86 valence electrons. The largest absolute Gasteiger partial charge is 0.335 e. The summed E-state index contributed by atoms with van der Waals surface area (Å²) < 4.78 is 0. The first-order valence-electron chi connectivity index (χ1n) is 5.64. The summed E-state index contributed by atoms with van der Waals surface area (Å²) in [6.07, 6.45) is 1.98. The lowest BCUT2D eigenvalue weighted by Crippen LogP contribution is -2.45. The van der Waals surface area contributed by atoms with Gasteiger partial charge in [-0.25, -0.2) is 0 Å². The minimum absolute atomic E-state index is 0.0894. The van der Waals surface area contributed by atoms with Gasteiger partial charge in [-0.15, -0.1) is 0 Å². The van der Waals surface area contributed by atoms with Gasteiger partial charge in [0, 0.05) is 17.9 Å². The Hall–Kier alpha value is -0.860. The summed E-state index contributed by atoms with van der Waals surface area (Å²) in [7, 11) is 0. The molecule has 0 saturated carbocycles. The summed E-state index contributed by atoms with van der Waals surface area (Å²) in [5, 5.41) is 0. The Morgan fingerprint density at radius 1 is 1.47 bits per heavy atom. The average molecular weight is 211 g/mol. The molecule has 0 aromatic heterocycles. The fraction of sp³-hybridized carbons (Fsp3) is 0.833. The molecule has 1 fully saturated rings. The molecule has 1 saturated heterocycles. The summed E-state index contributed by atoms with van der Waals surface area (Å²) in [6.45, 7) is 8.65. The number of Topliss-reactive ketones (excluding diaryl/α,β-unsaturated/α-hetero) is 1. The second-order valence-electron chi connectivity index (χ2n) is 5.48. The SMILES string of the molecule is CC1CCCN(CC(=O)C(C)(C)C)C1=O. The zero-order valence-corrected chi connectivity index (χ0v) is 10.2. The third kappa shape index (κ3) is 3.05. The van der Waals surface area contributed by atoms with Gasteiger partial charge in [0.2, 0.25) is 5.91 Å². The third-order valence-electron chi connectivity index (χ3n) is 2.97. The Morgan fingerprint density at radius 2 is 2.07 bits per heavy atom. The average Bonchev–Trinajstić information content (AvgIpc) is 2.11. The molecule has 3 nitrogen and oxygen atoms in total. The van der Waals surface area contributed by atoms with E-state index in [0.29, 0.717) is 0 Å². The molecule has 1 aliphatic rings. The van der Waals surface area contributed by atoms with Crippen LogP contribution in [0, 0.1) is 11.3 Å². The number of likely N-dealkylation sites (tertiary alicyclic amines) is 1. The topological polar surface area (TPSA) is 37.4 Å². The molecule has 3 heteroatoms. The second-order valence-corrected chi connectivity index (χ2v) is 5.48. The van der Waals surface area contributed by atoms with Crippen molar-refractivity contribution in [3.05, 3.63) is 0 Å². The highest BCUT2D eigenvalue weighted by Crippen LogP contribution is 2.20. The second kappa shape index (κ2) is 4.33. The zero-order chi connectivity index (χ0) is 11.6. The number of amides is 1. The van der Waals surface area contributed by atoms with E-state index in [1.54, 1.807) is 4.90 Å². The fourth-order valence-electron chi connectivity index (χ4n) is 1.70. The molecule has 1 heterocycles. The van der Waals surface area contributed by atoms with E-state index in [0.717, 1.165) is 19.4 Å². The minimum Gasteiger partial charge on any atom is -0.335 e. The van der Waals surface area contributed by atoms with Crippen LogP contribution in [0.5, 0.6) is 0 Å². The van der Waals surface area contributed by atoms with Gasteiger partial charge in [-0.05, 0) is 12.8 Å². The van der Waals surface area contributed by atoms with Gasteiger partial charge in [0.15, 0.2) is 5.78 Å². The highest BCUT2D eigenvalue weighted by molar-refractivity contribution is 5.90. The van der Waals surface area contributed by atoms with Crippen LogP contribution in [-0.2, 0) is 9.59 Å². The maximum absolute atomic E-state index is 11.8. The van der Waals surface area contributed by atoms with Crippen LogP contribution in [0.4, 0.5) is 0 Å². The van der Waals surface area contributed by atoms with Crippen LogP contribution in [0.3, 0.4) is 0 Å². The van der Waals surface area contributed by atoms with Crippen LogP contribution in [0.2, 0.25) is 0 Å². The first-order valence-corrected chi connectivity index (χ1v) is 5.64. The van der Waals surface area contributed by atoms with Crippen molar-refractivity contribution in [1.82, 2.24) is 4.90 Å². The molecule has 1 amide bonds. The van der Waals surface area contributed by atoms with Crippen molar-refractivity contribution < 1.29 is 9.59 Å². The van der Waals surface area contributed by atoms with Gasteiger partial charge in [0.25, 0.3) is 0 Å². The van der Waals surface area contributed by atoms with Crippen LogP contribution in [-0.4, -0.2) is 29.7 Å². The minimum atomic E-state index is -0.346. The standard InChI is InChI=1S/C12H21NO2/c1-9-6-5-7-13(11(9)15)8-10(14)12(2,3)4/h9H,5-8H2,1-4H3. The molecular weight excluding hydrogens is 190 g/mol. The Bertz CT molecular complexity index is 265. The molecule has 1 aliphatic heterocycles. The van der Waals surface area contributed by atoms with Crippen molar-refractivity contribution in [3.8, 4) is 0 Å². The highest BCUT2D eigenvalue weighted by Gasteiger charge is 2.30. The van der Waals surface area contributed by atoms with Gasteiger partial charge in [-0.2, -0.15) is 0 Å². The first kappa shape index (κ1) is 12.2. The Morgan fingerprint density at radius 3 is 2.60 bits per heavy atom. The van der Waals surface area contributed by atoms with E-state index >= 15 is 0 Å². The molecule has 0 N–H and O–H groups in total. The number of ketones is 1. The molecule has 15 heavy (non-hydrogen) atoms. The quantitative estimate of drug-likeness (QED) is 0.699. The highest BCUT2D eigenvalue weighted by atomic mass is 16.2. The predicted molar refractivity (Wildman–Crippen MR) is 59.4 cm³/mol. The molecular formula is C12H21NO2. The third-order valence-corrected chi connectivity index (χ3v) is 2.97. The van der Waals surface area contributed by atoms with Crippen molar-refractivity contribution in [2.75, 3.05) is 13.1 Å². The lowest BCUT2D eigenvalue weighted by atomic mass is 9.89. The number of piperidine rings is 1.